The van der Waals surface area contributed by atoms with E-state index in [1.807, 2.05) is 12.1 Å². The largest absolute Gasteiger partial charge is 0.274 e. The summed E-state index contributed by atoms with van der Waals surface area (Å²) in [4.78, 5) is 13.3. The van der Waals surface area contributed by atoms with Gasteiger partial charge in [0.2, 0.25) is 10.0 Å². The molecule has 0 aliphatic carbocycles. The van der Waals surface area contributed by atoms with Crippen molar-refractivity contribution < 1.29 is 13.3 Å². The number of hydrogen-bond donors (Lipinski definition) is 0. The van der Waals surface area contributed by atoms with Crippen molar-refractivity contribution in [1.29, 1.82) is 0 Å². The van der Waals surface area contributed by atoms with Crippen LogP contribution in [0.25, 0.3) is 0 Å². The van der Waals surface area contributed by atoms with Gasteiger partial charge in [0.25, 0.3) is 5.69 Å². The van der Waals surface area contributed by atoms with E-state index < -0.39 is 21.1 Å². The molecule has 0 amide bonds. The Hall–Kier alpha value is -3.07. The van der Waals surface area contributed by atoms with Crippen LogP contribution in [0.15, 0.2) is 83.8 Å². The lowest BCUT2D eigenvalue weighted by molar-refractivity contribution is -0.385. The normalized spacial score (nSPS) is 21.4. The average Bonchev–Trinajstić information content (AvgIpc) is 3.21. The van der Waals surface area contributed by atoms with Crippen molar-refractivity contribution in [3.05, 3.63) is 106 Å². The molecule has 0 saturated carbocycles. The molecule has 7 nitrogen and oxygen atoms in total. The van der Waals surface area contributed by atoms with Gasteiger partial charge in [-0.05, 0) is 35.2 Å². The van der Waals surface area contributed by atoms with Crippen LogP contribution in [0.2, 0.25) is 0 Å². The fourth-order valence-corrected chi connectivity index (χ4v) is 6.33. The van der Waals surface area contributed by atoms with E-state index in [9.17, 15) is 18.5 Å². The van der Waals surface area contributed by atoms with Gasteiger partial charge in [-0.1, -0.05) is 54.6 Å². The second-order valence-corrected chi connectivity index (χ2v) is 9.71. The monoisotopic (exact) mass is 435 g/mol. The number of rotatable bonds is 4. The zero-order valence-corrected chi connectivity index (χ0v) is 17.5. The first-order valence-electron chi connectivity index (χ1n) is 10.1. The maximum atomic E-state index is 13.7. The molecule has 2 aliphatic heterocycles. The highest BCUT2D eigenvalue weighted by molar-refractivity contribution is 7.89. The third-order valence-corrected chi connectivity index (χ3v) is 7.96. The maximum Gasteiger partial charge on any atom is 0.269 e. The van der Waals surface area contributed by atoms with Gasteiger partial charge in [-0.3, -0.25) is 15.0 Å². The fourth-order valence-electron chi connectivity index (χ4n) is 4.72. The molecule has 2 heterocycles. The van der Waals surface area contributed by atoms with Crippen LogP contribution in [0.4, 0.5) is 5.69 Å². The summed E-state index contributed by atoms with van der Waals surface area (Å²) in [6.45, 7) is 0.970. The molecular formula is C23H21N3O4S. The summed E-state index contributed by atoms with van der Waals surface area (Å²) in [5, 5.41) is 11.4. The van der Waals surface area contributed by atoms with Gasteiger partial charge in [-0.2, -0.15) is 4.31 Å². The molecule has 0 unspecified atom stereocenters. The number of hydrogen-bond acceptors (Lipinski definition) is 5. The maximum absolute atomic E-state index is 13.7. The van der Waals surface area contributed by atoms with Gasteiger partial charge >= 0.3 is 0 Å². The smallest absolute Gasteiger partial charge is 0.269 e. The van der Waals surface area contributed by atoms with Gasteiger partial charge in [0.15, 0.2) is 0 Å². The molecule has 31 heavy (non-hydrogen) atoms. The first kappa shape index (κ1) is 19.9. The van der Waals surface area contributed by atoms with Crippen LogP contribution in [0.5, 0.6) is 0 Å². The average molecular weight is 436 g/mol. The van der Waals surface area contributed by atoms with Crippen LogP contribution in [0.1, 0.15) is 28.9 Å². The minimum absolute atomic E-state index is 0.0459. The van der Waals surface area contributed by atoms with Crippen molar-refractivity contribution in [2.45, 2.75) is 23.5 Å². The molecule has 1 fully saturated rings. The molecule has 0 spiro atoms. The van der Waals surface area contributed by atoms with Crippen LogP contribution < -0.4 is 0 Å². The van der Waals surface area contributed by atoms with Crippen molar-refractivity contribution in [1.82, 2.24) is 9.21 Å². The Morgan fingerprint density at radius 3 is 2.45 bits per heavy atom. The minimum Gasteiger partial charge on any atom is -0.274 e. The summed E-state index contributed by atoms with van der Waals surface area (Å²) < 4.78 is 28.8. The van der Waals surface area contributed by atoms with E-state index in [-0.39, 0.29) is 16.6 Å². The lowest BCUT2D eigenvalue weighted by Gasteiger charge is -2.35. The van der Waals surface area contributed by atoms with Gasteiger partial charge in [-0.25, -0.2) is 8.42 Å². The Labute approximate surface area is 180 Å². The predicted octanol–water partition coefficient (Wildman–Crippen LogP) is 3.90. The first-order chi connectivity index (χ1) is 15.0. The van der Waals surface area contributed by atoms with Crippen molar-refractivity contribution in [2.75, 3.05) is 13.1 Å². The second kappa shape index (κ2) is 7.56. The SMILES string of the molecule is O=[N+]([O-])c1cccc([C@H]2N3CCc4ccccc4[C@H]3CN2S(=O)(=O)c2ccccc2)c1. The van der Waals surface area contributed by atoms with Gasteiger partial charge < -0.3 is 0 Å². The molecule has 1 saturated heterocycles. The molecule has 0 radical (unpaired) electrons. The summed E-state index contributed by atoms with van der Waals surface area (Å²) in [6, 6.07) is 22.7. The Morgan fingerprint density at radius 1 is 0.935 bits per heavy atom. The van der Waals surface area contributed by atoms with Crippen molar-refractivity contribution >= 4 is 15.7 Å². The third kappa shape index (κ3) is 3.33. The highest BCUT2D eigenvalue weighted by Crippen LogP contribution is 2.46. The lowest BCUT2D eigenvalue weighted by Crippen LogP contribution is -2.37. The Morgan fingerprint density at radius 2 is 1.68 bits per heavy atom. The van der Waals surface area contributed by atoms with Crippen LogP contribution >= 0.6 is 0 Å². The van der Waals surface area contributed by atoms with E-state index in [4.69, 9.17) is 0 Å². The van der Waals surface area contributed by atoms with Gasteiger partial charge in [0.05, 0.1) is 15.9 Å². The lowest BCUT2D eigenvalue weighted by atomic mass is 9.93. The number of sulfonamides is 1. The summed E-state index contributed by atoms with van der Waals surface area (Å²) in [5.74, 6) is 0. The molecule has 2 aliphatic rings. The molecular weight excluding hydrogens is 414 g/mol. The summed E-state index contributed by atoms with van der Waals surface area (Å²) >= 11 is 0. The summed E-state index contributed by atoms with van der Waals surface area (Å²) in [7, 11) is -3.81. The highest BCUT2D eigenvalue weighted by atomic mass is 32.2. The molecule has 0 N–H and O–H groups in total. The van der Waals surface area contributed by atoms with Gasteiger partial charge in [0, 0.05) is 25.2 Å². The zero-order valence-electron chi connectivity index (χ0n) is 16.7. The van der Waals surface area contributed by atoms with Crippen LogP contribution in [0.3, 0.4) is 0 Å². The third-order valence-electron chi connectivity index (χ3n) is 6.12. The number of nitro groups is 1. The highest BCUT2D eigenvalue weighted by Gasteiger charge is 2.48. The number of fused-ring (bicyclic) bond motifs is 3. The molecule has 5 rings (SSSR count). The Balaban J connectivity index is 1.65. The van der Waals surface area contributed by atoms with E-state index in [1.54, 1.807) is 42.5 Å². The fraction of sp³-hybridized carbons (Fsp3) is 0.217. The summed E-state index contributed by atoms with van der Waals surface area (Å²) in [6.07, 6.45) is 0.195. The van der Waals surface area contributed by atoms with Crippen molar-refractivity contribution in [3.63, 3.8) is 0 Å². The minimum atomic E-state index is -3.81. The topological polar surface area (TPSA) is 83.8 Å². The molecule has 0 bridgehead atoms. The quantitative estimate of drug-likeness (QED) is 0.458. The van der Waals surface area contributed by atoms with E-state index in [1.165, 1.54) is 22.0 Å². The predicted molar refractivity (Wildman–Crippen MR) is 116 cm³/mol. The van der Waals surface area contributed by atoms with Crippen LogP contribution in [-0.4, -0.2) is 35.6 Å². The van der Waals surface area contributed by atoms with E-state index in [2.05, 4.69) is 17.0 Å². The molecule has 3 aromatic carbocycles. The zero-order chi connectivity index (χ0) is 21.6. The van der Waals surface area contributed by atoms with E-state index in [0.29, 0.717) is 18.7 Å². The van der Waals surface area contributed by atoms with E-state index >= 15 is 0 Å². The molecule has 2 atom stereocenters. The first-order valence-corrected chi connectivity index (χ1v) is 11.6. The summed E-state index contributed by atoms with van der Waals surface area (Å²) in [5.41, 5.74) is 2.90. The number of nitrogens with zero attached hydrogens (tertiary/aromatic N) is 3. The molecule has 8 heteroatoms. The number of benzene rings is 3. The molecule has 3 aromatic rings. The van der Waals surface area contributed by atoms with E-state index in [0.717, 1.165) is 12.0 Å². The standard InChI is InChI=1S/C23H21N3O4S/c27-26(28)19-9-6-8-18(15-19)23-24-14-13-17-7-4-5-12-21(17)22(24)16-25(23)31(29,30)20-10-2-1-3-11-20/h1-12,15,22-23H,13-14,16H2/t22-,23+/m1/s1. The molecule has 0 aromatic heterocycles. The van der Waals surface area contributed by atoms with Gasteiger partial charge in [-0.15, -0.1) is 0 Å². The second-order valence-electron chi connectivity index (χ2n) is 7.82. The Bertz CT molecular complexity index is 1250. The van der Waals surface area contributed by atoms with Crippen LogP contribution in [0, 0.1) is 10.1 Å². The Kier molecular flexibility index (Phi) is 4.85. The van der Waals surface area contributed by atoms with Crippen molar-refractivity contribution in [2.24, 2.45) is 0 Å². The van der Waals surface area contributed by atoms with Crippen molar-refractivity contribution in [3.8, 4) is 0 Å². The number of nitro benzene ring substituents is 1. The number of non-ortho nitro benzene ring substituents is 1. The van der Waals surface area contributed by atoms with Crippen LogP contribution in [-0.2, 0) is 16.4 Å². The molecule has 158 valence electrons. The van der Waals surface area contributed by atoms with Gasteiger partial charge in [0.1, 0.15) is 6.17 Å².